The Kier molecular flexibility index (Phi) is 6.28. The van der Waals surface area contributed by atoms with E-state index in [-0.39, 0.29) is 5.91 Å². The number of rotatable bonds is 5. The zero-order valence-corrected chi connectivity index (χ0v) is 19.5. The van der Waals surface area contributed by atoms with Crippen molar-refractivity contribution in [3.63, 3.8) is 0 Å². The van der Waals surface area contributed by atoms with E-state index >= 15 is 0 Å². The molecule has 2 aromatic carbocycles. The summed E-state index contributed by atoms with van der Waals surface area (Å²) in [5, 5.41) is 0.720. The second-order valence-corrected chi connectivity index (χ2v) is 10.5. The third-order valence-corrected chi connectivity index (χ3v) is 8.41. The molecule has 31 heavy (non-hydrogen) atoms. The molecule has 0 N–H and O–H groups in total. The lowest BCUT2D eigenvalue weighted by molar-refractivity contribution is -0.118. The van der Waals surface area contributed by atoms with E-state index in [1.807, 2.05) is 32.0 Å². The van der Waals surface area contributed by atoms with Gasteiger partial charge < -0.3 is 9.80 Å². The topological polar surface area (TPSA) is 60.9 Å². The van der Waals surface area contributed by atoms with Gasteiger partial charge in [-0.25, -0.2) is 8.42 Å². The van der Waals surface area contributed by atoms with Crippen molar-refractivity contribution in [2.45, 2.75) is 38.0 Å². The predicted octanol–water partition coefficient (Wildman–Crippen LogP) is 3.85. The van der Waals surface area contributed by atoms with E-state index in [2.05, 4.69) is 4.90 Å². The molecule has 0 radical (unpaired) electrons. The fourth-order valence-corrected chi connectivity index (χ4v) is 5.91. The summed E-state index contributed by atoms with van der Waals surface area (Å²) >= 11 is 6.25. The smallest absolute Gasteiger partial charge is 0.243 e. The Morgan fingerprint density at radius 2 is 1.77 bits per heavy atom. The quantitative estimate of drug-likeness (QED) is 0.678. The fourth-order valence-electron chi connectivity index (χ4n) is 4.26. The maximum absolute atomic E-state index is 13.3. The molecule has 2 aliphatic heterocycles. The van der Waals surface area contributed by atoms with Gasteiger partial charge in [-0.1, -0.05) is 24.6 Å². The second-order valence-electron chi connectivity index (χ2n) is 8.16. The van der Waals surface area contributed by atoms with Gasteiger partial charge in [-0.15, -0.1) is 0 Å². The molecular weight excluding hydrogens is 434 g/mol. The molecular formula is C23H28ClN3O3S. The zero-order valence-electron chi connectivity index (χ0n) is 18.0. The predicted molar refractivity (Wildman–Crippen MR) is 125 cm³/mol. The highest BCUT2D eigenvalue weighted by atomic mass is 35.5. The number of amides is 1. The van der Waals surface area contributed by atoms with Gasteiger partial charge in [-0.3, -0.25) is 4.79 Å². The lowest BCUT2D eigenvalue weighted by Gasteiger charge is -2.35. The SMILES string of the molecule is CCCC(=O)N1CCc2cc(S(=O)(=O)N3CCN(c4ccc(C)c(Cl)c4)CC3)ccc21. The molecule has 6 nitrogen and oxygen atoms in total. The molecule has 2 aromatic rings. The van der Waals surface area contributed by atoms with E-state index in [9.17, 15) is 13.2 Å². The van der Waals surface area contributed by atoms with Crippen molar-refractivity contribution in [3.05, 3.63) is 52.5 Å². The van der Waals surface area contributed by atoms with Crippen LogP contribution in [0.1, 0.15) is 30.9 Å². The van der Waals surface area contributed by atoms with Gasteiger partial charge in [0.2, 0.25) is 15.9 Å². The van der Waals surface area contributed by atoms with Crippen LogP contribution in [0.5, 0.6) is 0 Å². The van der Waals surface area contributed by atoms with Crippen LogP contribution in [0, 0.1) is 6.92 Å². The van der Waals surface area contributed by atoms with Crippen LogP contribution in [-0.4, -0.2) is 51.4 Å². The molecule has 166 valence electrons. The summed E-state index contributed by atoms with van der Waals surface area (Å²) < 4.78 is 28.1. The Labute approximate surface area is 189 Å². The average Bonchev–Trinajstić information content (AvgIpc) is 3.19. The van der Waals surface area contributed by atoms with Crippen molar-refractivity contribution in [2.24, 2.45) is 0 Å². The van der Waals surface area contributed by atoms with Crippen molar-refractivity contribution in [2.75, 3.05) is 42.5 Å². The van der Waals surface area contributed by atoms with Gasteiger partial charge in [0.25, 0.3) is 0 Å². The van der Waals surface area contributed by atoms with Gasteiger partial charge in [-0.05, 0) is 61.2 Å². The standard InChI is InChI=1S/C23H28ClN3O3S/c1-3-4-23(28)27-10-9-18-15-20(7-8-22(18)27)31(29,30)26-13-11-25(12-14-26)19-6-5-17(2)21(24)16-19/h5-8,15-16H,3-4,9-14H2,1-2H3. The van der Waals surface area contributed by atoms with Crippen LogP contribution in [0.3, 0.4) is 0 Å². The first-order chi connectivity index (χ1) is 14.8. The Morgan fingerprint density at radius 3 is 2.45 bits per heavy atom. The van der Waals surface area contributed by atoms with E-state index in [1.54, 1.807) is 27.4 Å². The average molecular weight is 462 g/mol. The number of hydrogen-bond donors (Lipinski definition) is 0. The molecule has 0 unspecified atom stereocenters. The molecule has 0 atom stereocenters. The van der Waals surface area contributed by atoms with Crippen molar-refractivity contribution in [1.29, 1.82) is 0 Å². The number of halogens is 1. The number of carbonyl (C=O) groups excluding carboxylic acids is 1. The largest absolute Gasteiger partial charge is 0.369 e. The van der Waals surface area contributed by atoms with E-state index in [4.69, 9.17) is 11.6 Å². The van der Waals surface area contributed by atoms with Gasteiger partial charge in [-0.2, -0.15) is 4.31 Å². The minimum Gasteiger partial charge on any atom is -0.369 e. The number of sulfonamides is 1. The monoisotopic (exact) mass is 461 g/mol. The number of benzene rings is 2. The van der Waals surface area contributed by atoms with E-state index in [0.29, 0.717) is 50.5 Å². The lowest BCUT2D eigenvalue weighted by Crippen LogP contribution is -2.48. The second kappa shape index (κ2) is 8.81. The highest BCUT2D eigenvalue weighted by molar-refractivity contribution is 7.89. The first-order valence-corrected chi connectivity index (χ1v) is 12.6. The van der Waals surface area contributed by atoms with Gasteiger partial charge in [0, 0.05) is 55.5 Å². The molecule has 2 aliphatic rings. The summed E-state index contributed by atoms with van der Waals surface area (Å²) in [6.07, 6.45) is 2.00. The molecule has 0 bridgehead atoms. The molecule has 0 aromatic heterocycles. The van der Waals surface area contributed by atoms with E-state index < -0.39 is 10.0 Å². The van der Waals surface area contributed by atoms with Crippen LogP contribution in [0.25, 0.3) is 0 Å². The summed E-state index contributed by atoms with van der Waals surface area (Å²) in [7, 11) is -3.57. The first-order valence-electron chi connectivity index (χ1n) is 10.8. The summed E-state index contributed by atoms with van der Waals surface area (Å²) in [5.41, 5.74) is 3.82. The van der Waals surface area contributed by atoms with Gasteiger partial charge in [0.05, 0.1) is 4.90 Å². The Hall–Kier alpha value is -2.09. The Balaban J connectivity index is 1.47. The van der Waals surface area contributed by atoms with Crippen LogP contribution in [0.4, 0.5) is 11.4 Å². The summed E-state index contributed by atoms with van der Waals surface area (Å²) in [6, 6.07) is 11.1. The maximum atomic E-state index is 13.3. The van der Waals surface area contributed by atoms with Crippen molar-refractivity contribution >= 4 is 38.9 Å². The van der Waals surface area contributed by atoms with Gasteiger partial charge in [0.15, 0.2) is 0 Å². The molecule has 8 heteroatoms. The van der Waals surface area contributed by atoms with E-state index in [0.717, 1.165) is 33.9 Å². The van der Waals surface area contributed by atoms with Crippen LogP contribution in [-0.2, 0) is 21.2 Å². The number of aryl methyl sites for hydroxylation is 1. The summed E-state index contributed by atoms with van der Waals surface area (Å²) in [4.78, 5) is 16.6. The number of piperazine rings is 1. The highest BCUT2D eigenvalue weighted by Crippen LogP contribution is 2.32. The highest BCUT2D eigenvalue weighted by Gasteiger charge is 2.31. The normalized spacial score (nSPS) is 17.1. The minimum atomic E-state index is -3.57. The fraction of sp³-hybridized carbons (Fsp3) is 0.435. The maximum Gasteiger partial charge on any atom is 0.243 e. The third-order valence-electron chi connectivity index (χ3n) is 6.11. The molecule has 1 amide bonds. The van der Waals surface area contributed by atoms with E-state index in [1.165, 1.54) is 0 Å². The molecule has 0 aliphatic carbocycles. The van der Waals surface area contributed by atoms with Crippen molar-refractivity contribution in [3.8, 4) is 0 Å². The van der Waals surface area contributed by atoms with Crippen LogP contribution < -0.4 is 9.80 Å². The number of anilines is 2. The molecule has 1 saturated heterocycles. The first kappa shape index (κ1) is 22.1. The number of fused-ring (bicyclic) bond motifs is 1. The molecule has 4 rings (SSSR count). The summed E-state index contributed by atoms with van der Waals surface area (Å²) in [5.74, 6) is 0.101. The molecule has 2 heterocycles. The molecule has 0 saturated carbocycles. The minimum absolute atomic E-state index is 0.101. The van der Waals surface area contributed by atoms with Gasteiger partial charge in [0.1, 0.15) is 0 Å². The van der Waals surface area contributed by atoms with Crippen LogP contribution in [0.15, 0.2) is 41.3 Å². The van der Waals surface area contributed by atoms with Crippen LogP contribution in [0.2, 0.25) is 5.02 Å². The number of hydrogen-bond acceptors (Lipinski definition) is 4. The molecule has 1 fully saturated rings. The summed E-state index contributed by atoms with van der Waals surface area (Å²) in [6.45, 7) is 6.64. The Bertz CT molecular complexity index is 1100. The third kappa shape index (κ3) is 4.31. The van der Waals surface area contributed by atoms with Gasteiger partial charge >= 0.3 is 0 Å². The number of nitrogens with zero attached hydrogens (tertiary/aromatic N) is 3. The lowest BCUT2D eigenvalue weighted by atomic mass is 10.2. The zero-order chi connectivity index (χ0) is 22.2. The Morgan fingerprint density at radius 1 is 1.03 bits per heavy atom. The van der Waals surface area contributed by atoms with Crippen LogP contribution >= 0.6 is 11.6 Å². The number of carbonyl (C=O) groups is 1. The van der Waals surface area contributed by atoms with Crippen molar-refractivity contribution < 1.29 is 13.2 Å². The molecule has 0 spiro atoms. The van der Waals surface area contributed by atoms with Crippen molar-refractivity contribution in [1.82, 2.24) is 4.31 Å².